The zero-order valence-electron chi connectivity index (χ0n) is 17.1. The van der Waals surface area contributed by atoms with Crippen LogP contribution in [0.2, 0.25) is 0 Å². The van der Waals surface area contributed by atoms with Crippen molar-refractivity contribution in [3.8, 4) is 0 Å². The Labute approximate surface area is 164 Å². The molecule has 1 unspecified atom stereocenters. The summed E-state index contributed by atoms with van der Waals surface area (Å²) in [5.41, 5.74) is 0.0795. The Morgan fingerprint density at radius 2 is 1.85 bits per heavy atom. The molecule has 2 aliphatic rings. The fourth-order valence-electron chi connectivity index (χ4n) is 4.25. The van der Waals surface area contributed by atoms with Crippen LogP contribution < -0.4 is 5.32 Å². The fourth-order valence-corrected chi connectivity index (χ4v) is 4.25. The normalized spacial score (nSPS) is 23.3. The van der Waals surface area contributed by atoms with Gasteiger partial charge in [-0.2, -0.15) is 0 Å². The highest BCUT2D eigenvalue weighted by molar-refractivity contribution is 5.89. The number of likely N-dealkylation sites (N-methyl/N-ethyl adjacent to an activating group) is 1. The number of ether oxygens (including phenoxy) is 1. The lowest BCUT2D eigenvalue weighted by atomic mass is 9.95. The molecule has 1 aromatic carbocycles. The third-order valence-electron chi connectivity index (χ3n) is 5.69. The number of nitrogens with zero attached hydrogens (tertiary/aromatic N) is 2. The smallest absolute Gasteiger partial charge is 0.338 e. The van der Waals surface area contributed by atoms with E-state index in [9.17, 15) is 4.79 Å². The van der Waals surface area contributed by atoms with E-state index in [4.69, 9.17) is 4.74 Å². The molecule has 0 amide bonds. The van der Waals surface area contributed by atoms with Crippen molar-refractivity contribution in [3.63, 3.8) is 0 Å². The minimum Gasteiger partial charge on any atom is -0.455 e. The zero-order chi connectivity index (χ0) is 19.3. The molecular formula is C22H35N3O2. The van der Waals surface area contributed by atoms with Crippen LogP contribution in [0.5, 0.6) is 0 Å². The molecule has 1 N–H and O–H groups in total. The molecule has 0 radical (unpaired) electrons. The molecule has 5 nitrogen and oxygen atoms in total. The molecule has 2 fully saturated rings. The molecule has 1 heterocycles. The van der Waals surface area contributed by atoms with Gasteiger partial charge in [-0.25, -0.2) is 4.79 Å². The largest absolute Gasteiger partial charge is 0.455 e. The van der Waals surface area contributed by atoms with Gasteiger partial charge in [0.1, 0.15) is 5.60 Å². The second-order valence-corrected chi connectivity index (χ2v) is 8.77. The average Bonchev–Trinajstić information content (AvgIpc) is 2.65. The zero-order valence-corrected chi connectivity index (χ0v) is 17.1. The maximum atomic E-state index is 12.5. The molecule has 1 aliphatic carbocycles. The summed E-state index contributed by atoms with van der Waals surface area (Å²) in [6.07, 6.45) is 6.91. The summed E-state index contributed by atoms with van der Waals surface area (Å²) >= 11 is 0. The highest BCUT2D eigenvalue weighted by Crippen LogP contribution is 2.21. The number of nitrogens with one attached hydrogen (secondary N) is 1. The van der Waals surface area contributed by atoms with Gasteiger partial charge < -0.3 is 9.64 Å². The molecule has 27 heavy (non-hydrogen) atoms. The number of esters is 1. The van der Waals surface area contributed by atoms with E-state index in [2.05, 4.69) is 22.2 Å². The summed E-state index contributed by atoms with van der Waals surface area (Å²) in [5, 5.41) is 3.89. The lowest BCUT2D eigenvalue weighted by molar-refractivity contribution is -0.0398. The quantitative estimate of drug-likeness (QED) is 0.776. The molecule has 1 saturated carbocycles. The van der Waals surface area contributed by atoms with E-state index in [1.807, 2.05) is 44.2 Å². The lowest BCUT2D eigenvalue weighted by Gasteiger charge is -2.45. The van der Waals surface area contributed by atoms with Crippen LogP contribution in [0.25, 0.3) is 0 Å². The van der Waals surface area contributed by atoms with Crippen LogP contribution in [0.1, 0.15) is 56.3 Å². The standard InChI is InChI=1S/C22H35N3O2/c1-22(2,27-21(26)18-10-6-4-7-11-18)17-25-15-14-24(3)16-20(25)23-19-12-8-5-9-13-19/h4,6-7,10-11,19-20,23H,5,8-9,12-17H2,1-3H3. The Morgan fingerprint density at radius 3 is 2.56 bits per heavy atom. The van der Waals surface area contributed by atoms with Gasteiger partial charge >= 0.3 is 5.97 Å². The van der Waals surface area contributed by atoms with Crippen LogP contribution in [0.15, 0.2) is 30.3 Å². The second kappa shape index (κ2) is 9.18. The van der Waals surface area contributed by atoms with E-state index < -0.39 is 5.60 Å². The highest BCUT2D eigenvalue weighted by Gasteiger charge is 2.33. The molecule has 1 aliphatic heterocycles. The highest BCUT2D eigenvalue weighted by atomic mass is 16.6. The van der Waals surface area contributed by atoms with Crippen molar-refractivity contribution in [1.29, 1.82) is 0 Å². The maximum absolute atomic E-state index is 12.5. The van der Waals surface area contributed by atoms with E-state index in [1.54, 1.807) is 0 Å². The van der Waals surface area contributed by atoms with Crippen molar-refractivity contribution in [3.05, 3.63) is 35.9 Å². The van der Waals surface area contributed by atoms with Crippen LogP contribution in [0.3, 0.4) is 0 Å². The Kier molecular flexibility index (Phi) is 6.90. The molecule has 0 spiro atoms. The second-order valence-electron chi connectivity index (χ2n) is 8.77. The fraction of sp³-hybridized carbons (Fsp3) is 0.682. The molecule has 0 bridgehead atoms. The molecular weight excluding hydrogens is 338 g/mol. The third-order valence-corrected chi connectivity index (χ3v) is 5.69. The van der Waals surface area contributed by atoms with Crippen LogP contribution >= 0.6 is 0 Å². The first-order chi connectivity index (χ1) is 12.9. The minimum atomic E-state index is -0.532. The minimum absolute atomic E-state index is 0.244. The first-order valence-electron chi connectivity index (χ1n) is 10.4. The van der Waals surface area contributed by atoms with Crippen LogP contribution in [0.4, 0.5) is 0 Å². The van der Waals surface area contributed by atoms with Gasteiger partial charge in [-0.1, -0.05) is 37.5 Å². The summed E-state index contributed by atoms with van der Waals surface area (Å²) in [5.74, 6) is -0.244. The van der Waals surface area contributed by atoms with Gasteiger partial charge in [0.25, 0.3) is 0 Å². The Bertz CT molecular complexity index is 599. The van der Waals surface area contributed by atoms with Crippen LogP contribution in [-0.2, 0) is 4.74 Å². The van der Waals surface area contributed by atoms with Crippen LogP contribution in [-0.4, -0.2) is 66.8 Å². The number of carbonyl (C=O) groups is 1. The lowest BCUT2D eigenvalue weighted by Crippen LogP contribution is -2.62. The topological polar surface area (TPSA) is 44.8 Å². The van der Waals surface area contributed by atoms with Gasteiger partial charge in [0.15, 0.2) is 0 Å². The molecule has 5 heteroatoms. The first kappa shape index (κ1) is 20.3. The number of rotatable bonds is 6. The Balaban J connectivity index is 1.60. The predicted molar refractivity (Wildman–Crippen MR) is 109 cm³/mol. The number of hydrogen-bond acceptors (Lipinski definition) is 5. The van der Waals surface area contributed by atoms with Crippen molar-refractivity contribution in [2.24, 2.45) is 0 Å². The summed E-state index contributed by atoms with van der Waals surface area (Å²) in [6.45, 7) is 7.83. The molecule has 1 atom stereocenters. The molecule has 3 rings (SSSR count). The van der Waals surface area contributed by atoms with Gasteiger partial charge in [-0.3, -0.25) is 10.2 Å². The maximum Gasteiger partial charge on any atom is 0.338 e. The van der Waals surface area contributed by atoms with E-state index in [0.29, 0.717) is 17.8 Å². The van der Waals surface area contributed by atoms with Gasteiger partial charge in [0, 0.05) is 32.2 Å². The number of piperazine rings is 1. The molecule has 1 saturated heterocycles. The Hall–Kier alpha value is -1.43. The molecule has 0 aromatic heterocycles. The van der Waals surface area contributed by atoms with E-state index in [-0.39, 0.29) is 5.97 Å². The molecule has 1 aromatic rings. The summed E-state index contributed by atoms with van der Waals surface area (Å²) in [6, 6.07) is 9.88. The summed E-state index contributed by atoms with van der Waals surface area (Å²) < 4.78 is 5.87. The third kappa shape index (κ3) is 6.03. The number of benzene rings is 1. The van der Waals surface area contributed by atoms with Crippen molar-refractivity contribution in [2.75, 3.05) is 33.2 Å². The van der Waals surface area contributed by atoms with Crippen molar-refractivity contribution in [2.45, 2.75) is 63.8 Å². The van der Waals surface area contributed by atoms with Crippen molar-refractivity contribution in [1.82, 2.24) is 15.1 Å². The number of carbonyl (C=O) groups excluding carboxylic acids is 1. The predicted octanol–water partition coefficient (Wildman–Crippen LogP) is 3.12. The van der Waals surface area contributed by atoms with E-state index in [0.717, 1.165) is 26.2 Å². The van der Waals surface area contributed by atoms with Crippen molar-refractivity contribution < 1.29 is 9.53 Å². The summed E-state index contributed by atoms with van der Waals surface area (Å²) in [4.78, 5) is 17.3. The number of hydrogen-bond donors (Lipinski definition) is 1. The Morgan fingerprint density at radius 1 is 1.15 bits per heavy atom. The van der Waals surface area contributed by atoms with Crippen LogP contribution in [0, 0.1) is 0 Å². The van der Waals surface area contributed by atoms with Gasteiger partial charge in [-0.05, 0) is 45.9 Å². The monoisotopic (exact) mass is 373 g/mol. The van der Waals surface area contributed by atoms with E-state index >= 15 is 0 Å². The van der Waals surface area contributed by atoms with Crippen molar-refractivity contribution >= 4 is 5.97 Å². The molecule has 150 valence electrons. The first-order valence-corrected chi connectivity index (χ1v) is 10.4. The SMILES string of the molecule is CN1CCN(CC(C)(C)OC(=O)c2ccccc2)C(NC2CCCCC2)C1. The van der Waals surface area contributed by atoms with Gasteiger partial charge in [-0.15, -0.1) is 0 Å². The van der Waals surface area contributed by atoms with Gasteiger partial charge in [0.2, 0.25) is 0 Å². The average molecular weight is 374 g/mol. The summed E-state index contributed by atoms with van der Waals surface area (Å²) in [7, 11) is 2.19. The van der Waals surface area contributed by atoms with E-state index in [1.165, 1.54) is 32.1 Å². The van der Waals surface area contributed by atoms with Gasteiger partial charge in [0.05, 0.1) is 11.7 Å².